The van der Waals surface area contributed by atoms with Gasteiger partial charge in [-0.2, -0.15) is 0 Å². The highest BCUT2D eigenvalue weighted by Crippen LogP contribution is 2.23. The molecule has 3 heteroatoms. The van der Waals surface area contributed by atoms with Crippen LogP contribution in [0.3, 0.4) is 0 Å². The van der Waals surface area contributed by atoms with Crippen molar-refractivity contribution >= 4 is 27.5 Å². The summed E-state index contributed by atoms with van der Waals surface area (Å²) in [5.74, 6) is -0.335. The van der Waals surface area contributed by atoms with Crippen molar-refractivity contribution in [2.75, 3.05) is 7.11 Å². The summed E-state index contributed by atoms with van der Waals surface area (Å²) in [7, 11) is 1.37. The molecule has 14 heavy (non-hydrogen) atoms. The van der Waals surface area contributed by atoms with Crippen molar-refractivity contribution in [2.45, 2.75) is 6.92 Å². The van der Waals surface area contributed by atoms with E-state index in [0.717, 1.165) is 15.6 Å². The van der Waals surface area contributed by atoms with Crippen LogP contribution in [0.15, 0.2) is 34.8 Å². The van der Waals surface area contributed by atoms with Gasteiger partial charge in [-0.3, -0.25) is 0 Å². The number of hydrogen-bond donors (Lipinski definition) is 0. The Bertz CT molecular complexity index is 369. The molecule has 0 aliphatic carbocycles. The normalized spacial score (nSPS) is 11.2. The van der Waals surface area contributed by atoms with Crippen LogP contribution >= 0.6 is 15.9 Å². The van der Waals surface area contributed by atoms with E-state index in [1.165, 1.54) is 13.2 Å². The van der Waals surface area contributed by atoms with Crippen LogP contribution in [0, 0.1) is 0 Å². The van der Waals surface area contributed by atoms with E-state index in [-0.39, 0.29) is 5.97 Å². The maximum absolute atomic E-state index is 11.0. The Morgan fingerprint density at radius 3 is 2.64 bits per heavy atom. The van der Waals surface area contributed by atoms with E-state index in [0.29, 0.717) is 0 Å². The number of carbonyl (C=O) groups excluding carboxylic acids is 1. The van der Waals surface area contributed by atoms with Crippen LogP contribution in [0.5, 0.6) is 0 Å². The lowest BCUT2D eigenvalue weighted by Gasteiger charge is -2.03. The zero-order chi connectivity index (χ0) is 10.6. The molecule has 74 valence electrons. The number of carbonyl (C=O) groups is 1. The first-order chi connectivity index (χ1) is 6.65. The number of halogens is 1. The minimum atomic E-state index is -0.335. The van der Waals surface area contributed by atoms with Crippen molar-refractivity contribution in [3.05, 3.63) is 40.4 Å². The van der Waals surface area contributed by atoms with Gasteiger partial charge < -0.3 is 4.74 Å². The number of methoxy groups -OCH3 is 1. The summed E-state index contributed by atoms with van der Waals surface area (Å²) in [5.41, 5.74) is 1.88. The number of rotatable bonds is 2. The molecule has 0 aliphatic rings. The average Bonchev–Trinajstić information content (AvgIpc) is 2.18. The fraction of sp³-hybridized carbons (Fsp3) is 0.182. The summed E-state index contributed by atoms with van der Waals surface area (Å²) in [6, 6.07) is 7.73. The van der Waals surface area contributed by atoms with Crippen LogP contribution in [-0.2, 0) is 9.53 Å². The summed E-state index contributed by atoms with van der Waals surface area (Å²) >= 11 is 3.42. The van der Waals surface area contributed by atoms with E-state index in [4.69, 9.17) is 0 Å². The standard InChI is InChI=1S/C11H11BrO2/c1-8(7-11(13)14-2)9-5-3-4-6-10(9)12/h3-7H,1-2H3. The SMILES string of the molecule is COC(=O)C=C(C)c1ccccc1Br. The maximum Gasteiger partial charge on any atom is 0.330 e. The van der Waals surface area contributed by atoms with Crippen LogP contribution in [-0.4, -0.2) is 13.1 Å². The van der Waals surface area contributed by atoms with Crippen molar-refractivity contribution in [3.63, 3.8) is 0 Å². The second-order valence-electron chi connectivity index (χ2n) is 2.83. The molecule has 0 N–H and O–H groups in total. The van der Waals surface area contributed by atoms with E-state index in [1.807, 2.05) is 31.2 Å². The van der Waals surface area contributed by atoms with Crippen molar-refractivity contribution in [2.24, 2.45) is 0 Å². The summed E-state index contributed by atoms with van der Waals surface area (Å²) in [6.07, 6.45) is 1.47. The first-order valence-corrected chi connectivity index (χ1v) is 4.95. The molecular weight excluding hydrogens is 244 g/mol. The highest BCUT2D eigenvalue weighted by atomic mass is 79.9. The van der Waals surface area contributed by atoms with E-state index in [1.54, 1.807) is 0 Å². The minimum Gasteiger partial charge on any atom is -0.466 e. The van der Waals surface area contributed by atoms with Crippen LogP contribution in [0.2, 0.25) is 0 Å². The summed E-state index contributed by atoms with van der Waals surface area (Å²) in [5, 5.41) is 0. The molecule has 2 nitrogen and oxygen atoms in total. The van der Waals surface area contributed by atoms with Gasteiger partial charge in [0.2, 0.25) is 0 Å². The average molecular weight is 255 g/mol. The quantitative estimate of drug-likeness (QED) is 0.599. The lowest BCUT2D eigenvalue weighted by Crippen LogP contribution is -1.95. The third kappa shape index (κ3) is 2.70. The van der Waals surface area contributed by atoms with E-state index >= 15 is 0 Å². The fourth-order valence-electron chi connectivity index (χ4n) is 1.09. The zero-order valence-electron chi connectivity index (χ0n) is 8.08. The van der Waals surface area contributed by atoms with Crippen LogP contribution in [0.25, 0.3) is 5.57 Å². The van der Waals surface area contributed by atoms with E-state index in [9.17, 15) is 4.79 Å². The highest BCUT2D eigenvalue weighted by molar-refractivity contribution is 9.10. The van der Waals surface area contributed by atoms with Gasteiger partial charge >= 0.3 is 5.97 Å². The second kappa shape index (κ2) is 4.96. The lowest BCUT2D eigenvalue weighted by atomic mass is 10.1. The van der Waals surface area contributed by atoms with E-state index < -0.39 is 0 Å². The molecule has 0 radical (unpaired) electrons. The minimum absolute atomic E-state index is 0.335. The molecule has 0 saturated heterocycles. The second-order valence-corrected chi connectivity index (χ2v) is 3.68. The molecule has 0 aliphatic heterocycles. The zero-order valence-corrected chi connectivity index (χ0v) is 9.67. The van der Waals surface area contributed by atoms with Crippen LogP contribution in [0.1, 0.15) is 12.5 Å². The Hall–Kier alpha value is -1.09. The van der Waals surface area contributed by atoms with Gasteiger partial charge in [-0.25, -0.2) is 4.79 Å². The Morgan fingerprint density at radius 1 is 1.43 bits per heavy atom. The fourth-order valence-corrected chi connectivity index (χ4v) is 1.69. The molecule has 0 saturated carbocycles. The maximum atomic E-state index is 11.0. The van der Waals surface area contributed by atoms with Gasteiger partial charge in [-0.15, -0.1) is 0 Å². The molecule has 0 fully saturated rings. The summed E-state index contributed by atoms with van der Waals surface area (Å²) in [6.45, 7) is 1.87. The topological polar surface area (TPSA) is 26.3 Å². The van der Waals surface area contributed by atoms with Crippen molar-refractivity contribution in [1.82, 2.24) is 0 Å². The number of hydrogen-bond acceptors (Lipinski definition) is 2. The van der Waals surface area contributed by atoms with Gasteiger partial charge in [0.1, 0.15) is 0 Å². The summed E-state index contributed by atoms with van der Waals surface area (Å²) in [4.78, 5) is 11.0. The smallest absolute Gasteiger partial charge is 0.330 e. The van der Waals surface area contributed by atoms with Crippen LogP contribution in [0.4, 0.5) is 0 Å². The monoisotopic (exact) mass is 254 g/mol. The lowest BCUT2D eigenvalue weighted by molar-refractivity contribution is -0.134. The van der Waals surface area contributed by atoms with Crippen molar-refractivity contribution < 1.29 is 9.53 Å². The number of benzene rings is 1. The molecule has 0 atom stereocenters. The highest BCUT2D eigenvalue weighted by Gasteiger charge is 2.02. The molecule has 1 aromatic carbocycles. The van der Waals surface area contributed by atoms with Gasteiger partial charge in [0, 0.05) is 10.5 Å². The molecule has 0 spiro atoms. The number of esters is 1. The molecule has 0 amide bonds. The molecule has 1 aromatic rings. The van der Waals surface area contributed by atoms with E-state index in [2.05, 4.69) is 20.7 Å². The predicted octanol–water partition coefficient (Wildman–Crippen LogP) is 3.03. The van der Waals surface area contributed by atoms with Crippen molar-refractivity contribution in [3.8, 4) is 0 Å². The Kier molecular flexibility index (Phi) is 3.89. The third-order valence-corrected chi connectivity index (χ3v) is 2.53. The molecule has 0 heterocycles. The van der Waals surface area contributed by atoms with Crippen LogP contribution < -0.4 is 0 Å². The summed E-state index contributed by atoms with van der Waals surface area (Å²) < 4.78 is 5.52. The Balaban J connectivity index is 3.00. The van der Waals surface area contributed by atoms with Gasteiger partial charge in [-0.05, 0) is 24.1 Å². The first-order valence-electron chi connectivity index (χ1n) is 4.16. The van der Waals surface area contributed by atoms with Crippen molar-refractivity contribution in [1.29, 1.82) is 0 Å². The molecule has 0 bridgehead atoms. The largest absolute Gasteiger partial charge is 0.466 e. The van der Waals surface area contributed by atoms with Gasteiger partial charge in [0.25, 0.3) is 0 Å². The number of allylic oxidation sites excluding steroid dienone is 1. The van der Waals surface area contributed by atoms with Gasteiger partial charge in [-0.1, -0.05) is 34.1 Å². The number of ether oxygens (including phenoxy) is 1. The van der Waals surface area contributed by atoms with Gasteiger partial charge in [0.05, 0.1) is 7.11 Å². The predicted molar refractivity (Wildman–Crippen MR) is 59.8 cm³/mol. The Morgan fingerprint density at radius 2 is 2.07 bits per heavy atom. The molecular formula is C11H11BrO2. The van der Waals surface area contributed by atoms with Gasteiger partial charge in [0.15, 0.2) is 0 Å². The molecule has 0 aromatic heterocycles. The Labute approximate surface area is 91.7 Å². The molecule has 0 unspecified atom stereocenters. The first kappa shape index (κ1) is 11.0. The third-order valence-electron chi connectivity index (χ3n) is 1.83. The molecule has 1 rings (SSSR count).